The summed E-state index contributed by atoms with van der Waals surface area (Å²) in [6.07, 6.45) is 0. The SMILES string of the molecule is C[C@@H](CN(CC(=O)NCc1ccc(CN)cc1)S(=O)(=O)c1ccc(-c2cccc(F)c2)cc1)c1ccccc1. The van der Waals surface area contributed by atoms with Gasteiger partial charge in [0, 0.05) is 19.6 Å². The van der Waals surface area contributed by atoms with E-state index in [1.807, 2.05) is 61.5 Å². The van der Waals surface area contributed by atoms with Gasteiger partial charge < -0.3 is 11.1 Å². The minimum atomic E-state index is -4.01. The van der Waals surface area contributed by atoms with Crippen molar-refractivity contribution in [1.82, 2.24) is 9.62 Å². The number of nitrogens with zero attached hydrogens (tertiary/aromatic N) is 1. The zero-order chi connectivity index (χ0) is 27.8. The van der Waals surface area contributed by atoms with Gasteiger partial charge in [-0.2, -0.15) is 4.31 Å². The van der Waals surface area contributed by atoms with Crippen LogP contribution in [0.25, 0.3) is 11.1 Å². The molecule has 1 amide bonds. The maximum atomic E-state index is 13.8. The standard InChI is InChI=1S/C31H32FN3O3S/c1-23(26-6-3-2-4-7-26)21-35(22-31(36)34-20-25-12-10-24(19-33)11-13-25)39(37,38)30-16-14-27(15-17-30)28-8-5-9-29(32)18-28/h2-18,23H,19-22,33H2,1H3,(H,34,36)/t23-/m0/s1. The lowest BCUT2D eigenvalue weighted by molar-refractivity contribution is -0.121. The fourth-order valence-electron chi connectivity index (χ4n) is 4.29. The number of nitrogens with one attached hydrogen (secondary N) is 1. The van der Waals surface area contributed by atoms with Crippen molar-refractivity contribution in [3.63, 3.8) is 0 Å². The molecule has 4 aromatic rings. The summed E-state index contributed by atoms with van der Waals surface area (Å²) in [4.78, 5) is 13.0. The van der Waals surface area contributed by atoms with Gasteiger partial charge in [-0.3, -0.25) is 4.79 Å². The van der Waals surface area contributed by atoms with Crippen molar-refractivity contribution >= 4 is 15.9 Å². The highest BCUT2D eigenvalue weighted by atomic mass is 32.2. The number of sulfonamides is 1. The first-order valence-electron chi connectivity index (χ1n) is 12.7. The number of carbonyl (C=O) groups excluding carboxylic acids is 1. The van der Waals surface area contributed by atoms with Gasteiger partial charge in [0.15, 0.2) is 0 Å². The lowest BCUT2D eigenvalue weighted by Crippen LogP contribution is -2.42. The Bertz CT molecular complexity index is 1490. The van der Waals surface area contributed by atoms with E-state index in [0.29, 0.717) is 17.7 Å². The fourth-order valence-corrected chi connectivity index (χ4v) is 5.77. The second kappa shape index (κ2) is 12.8. The van der Waals surface area contributed by atoms with E-state index in [4.69, 9.17) is 5.73 Å². The molecule has 1 atom stereocenters. The molecule has 8 heteroatoms. The smallest absolute Gasteiger partial charge is 0.243 e. The molecule has 0 unspecified atom stereocenters. The summed E-state index contributed by atoms with van der Waals surface area (Å²) in [5.41, 5.74) is 9.83. The number of halogens is 1. The van der Waals surface area contributed by atoms with Gasteiger partial charge in [-0.05, 0) is 58.0 Å². The Morgan fingerprint density at radius 2 is 1.54 bits per heavy atom. The second-order valence-electron chi connectivity index (χ2n) is 9.44. The number of benzene rings is 4. The maximum Gasteiger partial charge on any atom is 0.243 e. The Labute approximate surface area is 229 Å². The molecular weight excluding hydrogens is 513 g/mol. The van der Waals surface area contributed by atoms with E-state index in [-0.39, 0.29) is 36.3 Å². The van der Waals surface area contributed by atoms with Gasteiger partial charge in [-0.15, -0.1) is 0 Å². The highest BCUT2D eigenvalue weighted by Gasteiger charge is 2.28. The molecule has 0 heterocycles. The monoisotopic (exact) mass is 545 g/mol. The van der Waals surface area contributed by atoms with Crippen molar-refractivity contribution in [3.8, 4) is 11.1 Å². The summed E-state index contributed by atoms with van der Waals surface area (Å²) < 4.78 is 42.4. The van der Waals surface area contributed by atoms with Crippen LogP contribution in [0.1, 0.15) is 29.5 Å². The van der Waals surface area contributed by atoms with E-state index < -0.39 is 15.9 Å². The number of nitrogens with two attached hydrogens (primary N) is 1. The van der Waals surface area contributed by atoms with Crippen LogP contribution >= 0.6 is 0 Å². The quantitative estimate of drug-likeness (QED) is 0.276. The average molecular weight is 546 g/mol. The number of amides is 1. The molecule has 0 fully saturated rings. The summed E-state index contributed by atoms with van der Waals surface area (Å²) in [7, 11) is -4.01. The molecule has 0 aromatic heterocycles. The van der Waals surface area contributed by atoms with E-state index in [1.165, 1.54) is 28.6 Å². The molecule has 0 aliphatic rings. The molecule has 0 aliphatic heterocycles. The maximum absolute atomic E-state index is 13.8. The van der Waals surface area contributed by atoms with Crippen LogP contribution in [-0.4, -0.2) is 31.7 Å². The van der Waals surface area contributed by atoms with Crippen molar-refractivity contribution in [3.05, 3.63) is 126 Å². The number of carbonyl (C=O) groups is 1. The minimum Gasteiger partial charge on any atom is -0.351 e. The van der Waals surface area contributed by atoms with Gasteiger partial charge in [0.25, 0.3) is 0 Å². The molecule has 4 aromatic carbocycles. The van der Waals surface area contributed by atoms with Gasteiger partial charge in [0.1, 0.15) is 5.82 Å². The molecule has 39 heavy (non-hydrogen) atoms. The number of hydrogen-bond acceptors (Lipinski definition) is 4. The normalized spacial score (nSPS) is 12.3. The molecule has 0 radical (unpaired) electrons. The summed E-state index contributed by atoms with van der Waals surface area (Å²) >= 11 is 0. The molecule has 3 N–H and O–H groups in total. The Balaban J connectivity index is 1.54. The highest BCUT2D eigenvalue weighted by Crippen LogP contribution is 2.25. The molecular formula is C31H32FN3O3S. The highest BCUT2D eigenvalue weighted by molar-refractivity contribution is 7.89. The first-order chi connectivity index (χ1) is 18.8. The average Bonchev–Trinajstić information content (AvgIpc) is 2.96. The van der Waals surface area contributed by atoms with E-state index in [9.17, 15) is 17.6 Å². The molecule has 0 bridgehead atoms. The molecule has 0 aliphatic carbocycles. The largest absolute Gasteiger partial charge is 0.351 e. The summed E-state index contributed by atoms with van der Waals surface area (Å²) in [5.74, 6) is -0.922. The first kappa shape index (κ1) is 28.2. The Morgan fingerprint density at radius 1 is 0.872 bits per heavy atom. The number of rotatable bonds is 11. The van der Waals surface area contributed by atoms with E-state index in [0.717, 1.165) is 16.7 Å². The molecule has 6 nitrogen and oxygen atoms in total. The van der Waals surface area contributed by atoms with Crippen molar-refractivity contribution in [2.45, 2.75) is 30.8 Å². The topological polar surface area (TPSA) is 92.5 Å². The third-order valence-electron chi connectivity index (χ3n) is 6.56. The fraction of sp³-hybridized carbons (Fsp3) is 0.194. The third kappa shape index (κ3) is 7.38. The summed E-state index contributed by atoms with van der Waals surface area (Å²) in [6, 6.07) is 29.5. The van der Waals surface area contributed by atoms with Crippen LogP contribution in [0.2, 0.25) is 0 Å². The third-order valence-corrected chi connectivity index (χ3v) is 8.39. The van der Waals surface area contributed by atoms with Crippen LogP contribution in [0.5, 0.6) is 0 Å². The molecule has 4 rings (SSSR count). The second-order valence-corrected chi connectivity index (χ2v) is 11.4. The van der Waals surface area contributed by atoms with Crippen LogP contribution in [0, 0.1) is 5.82 Å². The Hall–Kier alpha value is -3.85. The zero-order valence-electron chi connectivity index (χ0n) is 21.8. The predicted molar refractivity (Wildman–Crippen MR) is 152 cm³/mol. The molecule has 202 valence electrons. The van der Waals surface area contributed by atoms with Gasteiger partial charge in [-0.1, -0.05) is 85.8 Å². The molecule has 0 spiro atoms. The van der Waals surface area contributed by atoms with E-state index in [2.05, 4.69) is 5.32 Å². The van der Waals surface area contributed by atoms with Crippen LogP contribution in [0.15, 0.2) is 108 Å². The van der Waals surface area contributed by atoms with Crippen LogP contribution < -0.4 is 11.1 Å². The van der Waals surface area contributed by atoms with Crippen molar-refractivity contribution < 1.29 is 17.6 Å². The van der Waals surface area contributed by atoms with Gasteiger partial charge >= 0.3 is 0 Å². The van der Waals surface area contributed by atoms with E-state index in [1.54, 1.807) is 24.3 Å². The van der Waals surface area contributed by atoms with Crippen molar-refractivity contribution in [2.75, 3.05) is 13.1 Å². The Morgan fingerprint density at radius 3 is 2.18 bits per heavy atom. The van der Waals surface area contributed by atoms with Gasteiger partial charge in [0.2, 0.25) is 15.9 Å². The zero-order valence-corrected chi connectivity index (χ0v) is 22.6. The molecule has 0 saturated carbocycles. The summed E-state index contributed by atoms with van der Waals surface area (Å²) in [5, 5.41) is 2.83. The van der Waals surface area contributed by atoms with Gasteiger partial charge in [-0.25, -0.2) is 12.8 Å². The van der Waals surface area contributed by atoms with Crippen LogP contribution in [0.4, 0.5) is 4.39 Å². The lowest BCUT2D eigenvalue weighted by atomic mass is 10.0. The lowest BCUT2D eigenvalue weighted by Gasteiger charge is -2.25. The van der Waals surface area contributed by atoms with Crippen molar-refractivity contribution in [2.24, 2.45) is 5.73 Å². The summed E-state index contributed by atoms with van der Waals surface area (Å²) in [6.45, 7) is 2.43. The Kier molecular flexibility index (Phi) is 9.24. The van der Waals surface area contributed by atoms with E-state index >= 15 is 0 Å². The minimum absolute atomic E-state index is 0.0630. The molecule has 0 saturated heterocycles. The van der Waals surface area contributed by atoms with Crippen molar-refractivity contribution in [1.29, 1.82) is 0 Å². The van der Waals surface area contributed by atoms with Gasteiger partial charge in [0.05, 0.1) is 11.4 Å². The first-order valence-corrected chi connectivity index (χ1v) is 14.2. The predicted octanol–water partition coefficient (Wildman–Crippen LogP) is 5.06. The van der Waals surface area contributed by atoms with Crippen LogP contribution in [-0.2, 0) is 27.9 Å². The van der Waals surface area contributed by atoms with Crippen LogP contribution in [0.3, 0.4) is 0 Å². The number of hydrogen-bond donors (Lipinski definition) is 2.